The van der Waals surface area contributed by atoms with Crippen molar-refractivity contribution >= 4 is 16.0 Å². The lowest BCUT2D eigenvalue weighted by Crippen LogP contribution is -2.39. The highest BCUT2D eigenvalue weighted by atomic mass is 32.2. The van der Waals surface area contributed by atoms with Gasteiger partial charge in [0.05, 0.1) is 12.9 Å². The van der Waals surface area contributed by atoms with Crippen molar-refractivity contribution in [3.8, 4) is 17.2 Å². The van der Waals surface area contributed by atoms with Crippen LogP contribution in [0.15, 0.2) is 48.5 Å². The number of ether oxygens (including phenoxy) is 2. The maximum atomic E-state index is 12.7. The quantitative estimate of drug-likeness (QED) is 0.548. The fourth-order valence-electron chi connectivity index (χ4n) is 2.58. The zero-order valence-corrected chi connectivity index (χ0v) is 17.9. The number of rotatable bonds is 10. The third-order valence-corrected chi connectivity index (χ3v) is 5.34. The van der Waals surface area contributed by atoms with Gasteiger partial charge >= 0.3 is 10.1 Å². The Kier molecular flexibility index (Phi) is 7.90. The molecule has 1 amide bonds. The highest BCUT2D eigenvalue weighted by molar-refractivity contribution is 7.87. The maximum Gasteiger partial charge on any atom is 0.309 e. The molecule has 0 aliphatic carbocycles. The Hall–Kier alpha value is -2.74. The number of hydrogen-bond donors (Lipinski definition) is 0. The monoisotopic (exact) mass is 421 g/mol. The van der Waals surface area contributed by atoms with E-state index in [-0.39, 0.29) is 36.6 Å². The predicted molar refractivity (Wildman–Crippen MR) is 111 cm³/mol. The Bertz CT molecular complexity index is 912. The first-order valence-corrected chi connectivity index (χ1v) is 10.9. The molecule has 29 heavy (non-hydrogen) atoms. The van der Waals surface area contributed by atoms with Crippen LogP contribution in [0.3, 0.4) is 0 Å². The van der Waals surface area contributed by atoms with Crippen molar-refractivity contribution in [3.05, 3.63) is 54.1 Å². The van der Waals surface area contributed by atoms with Crippen LogP contribution in [-0.4, -0.2) is 44.7 Å². The van der Waals surface area contributed by atoms with Crippen LogP contribution in [0, 0.1) is 0 Å². The van der Waals surface area contributed by atoms with Crippen LogP contribution in [0.5, 0.6) is 17.2 Å². The standard InChI is InChI=1S/C21H27NO6S/c1-5-29(24,25)28-20-13-17(11-12-19(20)26-4)14-22(16(2)3)21(23)15-27-18-9-7-6-8-10-18/h6-13,16H,5,14-15H2,1-4H3. The summed E-state index contributed by atoms with van der Waals surface area (Å²) >= 11 is 0. The Morgan fingerprint density at radius 2 is 1.76 bits per heavy atom. The average Bonchev–Trinajstić information content (AvgIpc) is 2.70. The zero-order chi connectivity index (χ0) is 21.4. The Morgan fingerprint density at radius 3 is 2.34 bits per heavy atom. The SMILES string of the molecule is CCS(=O)(=O)Oc1cc(CN(C(=O)COc2ccccc2)C(C)C)ccc1OC. The van der Waals surface area contributed by atoms with Gasteiger partial charge in [0.25, 0.3) is 5.91 Å². The fraction of sp³-hybridized carbons (Fsp3) is 0.381. The molecule has 8 heteroatoms. The molecule has 0 radical (unpaired) electrons. The summed E-state index contributed by atoms with van der Waals surface area (Å²) in [6, 6.07) is 14.0. The number of para-hydroxylation sites is 1. The molecule has 0 saturated heterocycles. The van der Waals surface area contributed by atoms with Gasteiger partial charge in [-0.2, -0.15) is 8.42 Å². The van der Waals surface area contributed by atoms with E-state index in [4.69, 9.17) is 13.7 Å². The molecule has 0 fully saturated rings. The van der Waals surface area contributed by atoms with E-state index in [9.17, 15) is 13.2 Å². The summed E-state index contributed by atoms with van der Waals surface area (Å²) in [5.41, 5.74) is 0.717. The lowest BCUT2D eigenvalue weighted by molar-refractivity contribution is -0.135. The summed E-state index contributed by atoms with van der Waals surface area (Å²) in [6.45, 7) is 5.50. The number of methoxy groups -OCH3 is 1. The largest absolute Gasteiger partial charge is 0.493 e. The van der Waals surface area contributed by atoms with Crippen LogP contribution < -0.4 is 13.7 Å². The van der Waals surface area contributed by atoms with E-state index in [1.165, 1.54) is 14.0 Å². The molecule has 0 aliphatic rings. The lowest BCUT2D eigenvalue weighted by Gasteiger charge is -2.27. The van der Waals surface area contributed by atoms with Gasteiger partial charge in [-0.25, -0.2) is 0 Å². The van der Waals surface area contributed by atoms with Gasteiger partial charge in [0, 0.05) is 12.6 Å². The molecule has 0 atom stereocenters. The van der Waals surface area contributed by atoms with E-state index < -0.39 is 10.1 Å². The fourth-order valence-corrected chi connectivity index (χ4v) is 3.10. The summed E-state index contributed by atoms with van der Waals surface area (Å²) < 4.78 is 39.6. The van der Waals surface area contributed by atoms with Crippen molar-refractivity contribution < 1.29 is 26.9 Å². The normalized spacial score (nSPS) is 11.2. The molecule has 0 N–H and O–H groups in total. The molecule has 0 saturated carbocycles. The molecule has 0 heterocycles. The van der Waals surface area contributed by atoms with E-state index in [0.29, 0.717) is 17.1 Å². The Balaban J connectivity index is 2.16. The lowest BCUT2D eigenvalue weighted by atomic mass is 10.1. The van der Waals surface area contributed by atoms with Crippen molar-refractivity contribution in [2.45, 2.75) is 33.4 Å². The second-order valence-electron chi connectivity index (χ2n) is 6.63. The molecule has 0 aliphatic heterocycles. The number of carbonyl (C=O) groups is 1. The van der Waals surface area contributed by atoms with Gasteiger partial charge in [0.1, 0.15) is 5.75 Å². The smallest absolute Gasteiger partial charge is 0.309 e. The average molecular weight is 422 g/mol. The van der Waals surface area contributed by atoms with Gasteiger partial charge in [-0.3, -0.25) is 4.79 Å². The van der Waals surface area contributed by atoms with E-state index in [0.717, 1.165) is 0 Å². The van der Waals surface area contributed by atoms with Gasteiger partial charge in [-0.15, -0.1) is 0 Å². The minimum Gasteiger partial charge on any atom is -0.493 e. The van der Waals surface area contributed by atoms with Gasteiger partial charge in [-0.1, -0.05) is 24.3 Å². The number of hydrogen-bond acceptors (Lipinski definition) is 6. The van der Waals surface area contributed by atoms with Gasteiger partial charge in [0.15, 0.2) is 18.1 Å². The van der Waals surface area contributed by atoms with Crippen LogP contribution in [0.2, 0.25) is 0 Å². The summed E-state index contributed by atoms with van der Waals surface area (Å²) in [7, 11) is -2.27. The number of carbonyl (C=O) groups excluding carboxylic acids is 1. The van der Waals surface area contributed by atoms with Crippen molar-refractivity contribution in [3.63, 3.8) is 0 Å². The highest BCUT2D eigenvalue weighted by Crippen LogP contribution is 2.30. The van der Waals surface area contributed by atoms with Crippen LogP contribution in [0.4, 0.5) is 0 Å². The van der Waals surface area contributed by atoms with Crippen LogP contribution in [0.25, 0.3) is 0 Å². The van der Waals surface area contributed by atoms with E-state index in [1.807, 2.05) is 32.0 Å². The van der Waals surface area contributed by atoms with E-state index in [1.54, 1.807) is 35.2 Å². The molecule has 158 valence electrons. The summed E-state index contributed by atoms with van der Waals surface area (Å²) in [5.74, 6) is 0.690. The first-order valence-electron chi connectivity index (χ1n) is 9.32. The Labute approximate surface area is 172 Å². The summed E-state index contributed by atoms with van der Waals surface area (Å²) in [6.07, 6.45) is 0. The maximum absolute atomic E-state index is 12.7. The molecule has 0 spiro atoms. The number of amides is 1. The first-order chi connectivity index (χ1) is 13.8. The molecular weight excluding hydrogens is 394 g/mol. The van der Waals surface area contributed by atoms with Crippen LogP contribution in [0.1, 0.15) is 26.3 Å². The van der Waals surface area contributed by atoms with Crippen molar-refractivity contribution in [1.82, 2.24) is 4.90 Å². The second kappa shape index (κ2) is 10.2. The minimum atomic E-state index is -3.70. The Morgan fingerprint density at radius 1 is 1.07 bits per heavy atom. The molecule has 0 bridgehead atoms. The van der Waals surface area contributed by atoms with E-state index in [2.05, 4.69) is 0 Å². The third kappa shape index (κ3) is 6.67. The van der Waals surface area contributed by atoms with Crippen molar-refractivity contribution in [2.24, 2.45) is 0 Å². The van der Waals surface area contributed by atoms with Gasteiger partial charge < -0.3 is 18.6 Å². The summed E-state index contributed by atoms with van der Waals surface area (Å²) in [5, 5.41) is 0. The molecule has 2 aromatic rings. The molecule has 0 aromatic heterocycles. The zero-order valence-electron chi connectivity index (χ0n) is 17.1. The molecule has 7 nitrogen and oxygen atoms in total. The highest BCUT2D eigenvalue weighted by Gasteiger charge is 2.20. The first kappa shape index (κ1) is 22.5. The topological polar surface area (TPSA) is 82.1 Å². The van der Waals surface area contributed by atoms with Gasteiger partial charge in [0.2, 0.25) is 0 Å². The molecule has 2 rings (SSSR count). The molecule has 2 aromatic carbocycles. The minimum absolute atomic E-state index is 0.0762. The van der Waals surface area contributed by atoms with Crippen molar-refractivity contribution in [1.29, 1.82) is 0 Å². The van der Waals surface area contributed by atoms with Crippen molar-refractivity contribution in [2.75, 3.05) is 19.5 Å². The number of nitrogens with zero attached hydrogens (tertiary/aromatic N) is 1. The second-order valence-corrected chi connectivity index (χ2v) is 8.49. The van der Waals surface area contributed by atoms with Crippen LogP contribution >= 0.6 is 0 Å². The van der Waals surface area contributed by atoms with Crippen LogP contribution in [-0.2, 0) is 21.5 Å². The predicted octanol–water partition coefficient (Wildman–Crippen LogP) is 3.24. The third-order valence-electron chi connectivity index (χ3n) is 4.20. The summed E-state index contributed by atoms with van der Waals surface area (Å²) in [4.78, 5) is 14.4. The van der Waals surface area contributed by atoms with E-state index >= 15 is 0 Å². The number of benzene rings is 2. The molecule has 0 unspecified atom stereocenters. The molecular formula is C21H27NO6S. The van der Waals surface area contributed by atoms with Gasteiger partial charge in [-0.05, 0) is 50.6 Å².